The molecule has 0 aliphatic carbocycles. The van der Waals surface area contributed by atoms with Crippen molar-refractivity contribution < 1.29 is 4.39 Å². The first kappa shape index (κ1) is 15.2. The van der Waals surface area contributed by atoms with Crippen molar-refractivity contribution in [2.24, 2.45) is 0 Å². The van der Waals surface area contributed by atoms with Crippen molar-refractivity contribution in [3.8, 4) is 0 Å². The fourth-order valence-corrected chi connectivity index (χ4v) is 2.87. The van der Waals surface area contributed by atoms with Gasteiger partial charge in [-0.2, -0.15) is 0 Å². The number of imidazole rings is 1. The number of nitrogens with zero attached hydrogens (tertiary/aromatic N) is 2. The molecule has 3 nitrogen and oxygen atoms in total. The molecule has 1 unspecified atom stereocenters. The summed E-state index contributed by atoms with van der Waals surface area (Å²) >= 11 is 3.35. The lowest BCUT2D eigenvalue weighted by atomic mass is 10.0. The quantitative estimate of drug-likeness (QED) is 0.869. The van der Waals surface area contributed by atoms with E-state index in [2.05, 4.69) is 37.7 Å². The van der Waals surface area contributed by atoms with Gasteiger partial charge in [-0.25, -0.2) is 9.37 Å². The zero-order valence-electron chi connectivity index (χ0n) is 11.7. The van der Waals surface area contributed by atoms with Gasteiger partial charge in [0.25, 0.3) is 0 Å². The Morgan fingerprint density at radius 3 is 2.90 bits per heavy atom. The minimum atomic E-state index is -0.232. The van der Waals surface area contributed by atoms with Crippen LogP contribution < -0.4 is 5.32 Å². The number of hydrogen-bond donors (Lipinski definition) is 1. The van der Waals surface area contributed by atoms with Gasteiger partial charge in [0.1, 0.15) is 11.6 Å². The Labute approximate surface area is 127 Å². The van der Waals surface area contributed by atoms with E-state index in [9.17, 15) is 4.39 Å². The van der Waals surface area contributed by atoms with Gasteiger partial charge in [0.15, 0.2) is 0 Å². The summed E-state index contributed by atoms with van der Waals surface area (Å²) in [6.07, 6.45) is 4.51. The van der Waals surface area contributed by atoms with E-state index in [0.717, 1.165) is 30.9 Å². The zero-order chi connectivity index (χ0) is 14.5. The molecule has 108 valence electrons. The predicted molar refractivity (Wildman–Crippen MR) is 82.1 cm³/mol. The van der Waals surface area contributed by atoms with E-state index in [-0.39, 0.29) is 11.9 Å². The number of benzene rings is 1. The van der Waals surface area contributed by atoms with Gasteiger partial charge in [-0.3, -0.25) is 0 Å². The van der Waals surface area contributed by atoms with Crippen molar-refractivity contribution in [1.82, 2.24) is 14.9 Å². The molecule has 0 bridgehead atoms. The van der Waals surface area contributed by atoms with Crippen molar-refractivity contribution in [2.75, 3.05) is 6.54 Å². The third-order valence-corrected chi connectivity index (χ3v) is 4.17. The number of rotatable bonds is 6. The van der Waals surface area contributed by atoms with Crippen LogP contribution in [-0.4, -0.2) is 16.1 Å². The molecule has 0 saturated carbocycles. The molecule has 2 aromatic rings. The van der Waals surface area contributed by atoms with Crippen molar-refractivity contribution in [1.29, 1.82) is 0 Å². The van der Waals surface area contributed by atoms with Gasteiger partial charge >= 0.3 is 0 Å². The van der Waals surface area contributed by atoms with Crippen LogP contribution >= 0.6 is 15.9 Å². The third-order valence-electron chi connectivity index (χ3n) is 3.34. The van der Waals surface area contributed by atoms with Crippen LogP contribution in [0.25, 0.3) is 0 Å². The molecule has 5 heteroatoms. The number of halogens is 2. The molecular formula is C15H19BrFN3. The van der Waals surface area contributed by atoms with Crippen molar-refractivity contribution in [3.05, 3.63) is 52.3 Å². The molecule has 1 heterocycles. The van der Waals surface area contributed by atoms with Crippen LogP contribution in [0.2, 0.25) is 0 Å². The fourth-order valence-electron chi connectivity index (χ4n) is 2.33. The topological polar surface area (TPSA) is 29.9 Å². The van der Waals surface area contributed by atoms with E-state index in [4.69, 9.17) is 0 Å². The van der Waals surface area contributed by atoms with Crippen molar-refractivity contribution in [3.63, 3.8) is 0 Å². The number of nitrogens with one attached hydrogen (secondary N) is 1. The minimum Gasteiger partial charge on any atom is -0.335 e. The second-order valence-electron chi connectivity index (χ2n) is 4.59. The molecule has 1 atom stereocenters. The Kier molecular flexibility index (Phi) is 5.31. The fraction of sp³-hybridized carbons (Fsp3) is 0.400. The van der Waals surface area contributed by atoms with Gasteiger partial charge in [0, 0.05) is 31.4 Å². The Morgan fingerprint density at radius 2 is 2.20 bits per heavy atom. The van der Waals surface area contributed by atoms with E-state index >= 15 is 0 Å². The Balaban J connectivity index is 2.29. The maximum Gasteiger partial charge on any atom is 0.137 e. The van der Waals surface area contributed by atoms with Crippen LogP contribution in [0.1, 0.15) is 31.3 Å². The Bertz CT molecular complexity index is 568. The monoisotopic (exact) mass is 339 g/mol. The highest BCUT2D eigenvalue weighted by Crippen LogP contribution is 2.28. The maximum absolute atomic E-state index is 13.7. The molecule has 0 aliphatic heterocycles. The van der Waals surface area contributed by atoms with Gasteiger partial charge < -0.3 is 9.88 Å². The van der Waals surface area contributed by atoms with Gasteiger partial charge in [0.05, 0.1) is 4.47 Å². The van der Waals surface area contributed by atoms with Gasteiger partial charge in [0.2, 0.25) is 0 Å². The smallest absolute Gasteiger partial charge is 0.137 e. The normalized spacial score (nSPS) is 12.6. The highest BCUT2D eigenvalue weighted by molar-refractivity contribution is 9.10. The number of likely N-dealkylation sites (N-methyl/N-ethyl adjacent to an activating group) is 1. The summed E-state index contributed by atoms with van der Waals surface area (Å²) in [6.45, 7) is 5.84. The SMILES string of the molecule is CCNC(Cc1nccn1CC)c1cccc(F)c1Br. The summed E-state index contributed by atoms with van der Waals surface area (Å²) in [5.41, 5.74) is 0.928. The lowest BCUT2D eigenvalue weighted by molar-refractivity contribution is 0.514. The van der Waals surface area contributed by atoms with Crippen LogP contribution in [0.3, 0.4) is 0 Å². The second-order valence-corrected chi connectivity index (χ2v) is 5.38. The molecule has 2 rings (SSSR count). The van der Waals surface area contributed by atoms with Gasteiger partial charge in [-0.05, 0) is 41.0 Å². The molecule has 1 aromatic heterocycles. The van der Waals surface area contributed by atoms with Crippen LogP contribution in [0.15, 0.2) is 35.1 Å². The number of aromatic nitrogens is 2. The summed E-state index contributed by atoms with van der Waals surface area (Å²) in [5, 5.41) is 3.41. The van der Waals surface area contributed by atoms with Crippen LogP contribution in [0.4, 0.5) is 4.39 Å². The number of aryl methyl sites for hydroxylation is 1. The molecule has 0 amide bonds. The summed E-state index contributed by atoms with van der Waals surface area (Å²) in [4.78, 5) is 4.40. The molecule has 1 aromatic carbocycles. The Morgan fingerprint density at radius 1 is 1.40 bits per heavy atom. The molecule has 0 aliphatic rings. The summed E-state index contributed by atoms with van der Waals surface area (Å²) in [5.74, 6) is 0.777. The average Bonchev–Trinajstić information content (AvgIpc) is 2.89. The van der Waals surface area contributed by atoms with Gasteiger partial charge in [-0.15, -0.1) is 0 Å². The van der Waals surface area contributed by atoms with Crippen molar-refractivity contribution >= 4 is 15.9 Å². The van der Waals surface area contributed by atoms with Crippen LogP contribution in [0.5, 0.6) is 0 Å². The van der Waals surface area contributed by atoms with E-state index in [1.165, 1.54) is 6.07 Å². The van der Waals surface area contributed by atoms with E-state index < -0.39 is 0 Å². The Hall–Kier alpha value is -1.20. The molecule has 0 spiro atoms. The van der Waals surface area contributed by atoms with Crippen molar-refractivity contribution in [2.45, 2.75) is 32.9 Å². The summed E-state index contributed by atoms with van der Waals surface area (Å²) in [7, 11) is 0. The van der Waals surface area contributed by atoms with E-state index in [0.29, 0.717) is 4.47 Å². The first-order chi connectivity index (χ1) is 9.67. The number of hydrogen-bond acceptors (Lipinski definition) is 2. The molecule has 0 fully saturated rings. The van der Waals surface area contributed by atoms with Gasteiger partial charge in [-0.1, -0.05) is 19.1 Å². The standard InChI is InChI=1S/C15H19BrFN3/c1-3-18-13(10-14-19-8-9-20(14)4-2)11-6-5-7-12(17)15(11)16/h5-9,13,18H,3-4,10H2,1-2H3. The molecule has 0 saturated heterocycles. The van der Waals surface area contributed by atoms with Crippen LogP contribution in [-0.2, 0) is 13.0 Å². The predicted octanol–water partition coefficient (Wildman–Crippen LogP) is 3.70. The highest BCUT2D eigenvalue weighted by Gasteiger charge is 2.18. The third kappa shape index (κ3) is 3.27. The van der Waals surface area contributed by atoms with E-state index in [1.807, 2.05) is 25.4 Å². The molecule has 1 N–H and O–H groups in total. The lowest BCUT2D eigenvalue weighted by Gasteiger charge is -2.20. The molecular weight excluding hydrogens is 321 g/mol. The zero-order valence-corrected chi connectivity index (χ0v) is 13.3. The maximum atomic E-state index is 13.7. The molecule has 0 radical (unpaired) electrons. The largest absolute Gasteiger partial charge is 0.335 e. The summed E-state index contributed by atoms with van der Waals surface area (Å²) < 4.78 is 16.3. The highest BCUT2D eigenvalue weighted by atomic mass is 79.9. The second kappa shape index (κ2) is 6.99. The lowest BCUT2D eigenvalue weighted by Crippen LogP contribution is -2.25. The van der Waals surface area contributed by atoms with E-state index in [1.54, 1.807) is 6.07 Å². The molecule has 20 heavy (non-hydrogen) atoms. The summed E-state index contributed by atoms with van der Waals surface area (Å²) in [6, 6.07) is 5.19. The first-order valence-corrected chi connectivity index (χ1v) is 7.64. The van der Waals surface area contributed by atoms with Crippen LogP contribution in [0, 0.1) is 5.82 Å². The average molecular weight is 340 g/mol. The first-order valence-electron chi connectivity index (χ1n) is 6.84. The minimum absolute atomic E-state index is 0.0396.